The maximum absolute atomic E-state index is 14.2. The zero-order chi connectivity index (χ0) is 60.0. The largest absolute Gasteiger partial charge is 0.416 e. The SMILES string of the molecule is FC(F)(F)c1cc([B-](c2cc(C(F)(F)F)cc(C(F)(F)F)c2)(c2cc(C(F)(F)F)cc(C(F)(F)F)c2)c2cc(C(F)(F)F)cc(C(F)(F)F)c2)cc(C(F)(F)F)c1.N#Cc1ccc(-c2c[n+](CC(=O)c3ccccc3)ccn2)cc1. The number of halogens is 24. The van der Waals surface area contributed by atoms with Crippen LogP contribution in [0.25, 0.3) is 11.3 Å². The van der Waals surface area contributed by atoms with Gasteiger partial charge in [0.05, 0.1) is 62.3 Å². The third kappa shape index (κ3) is 14.0. The van der Waals surface area contributed by atoms with Gasteiger partial charge >= 0.3 is 49.4 Å². The first-order chi connectivity index (χ1) is 36.5. The maximum atomic E-state index is 14.2. The van der Waals surface area contributed by atoms with Gasteiger partial charge in [0, 0.05) is 11.1 Å². The number of ketones is 1. The lowest BCUT2D eigenvalue weighted by atomic mass is 9.12. The molecule has 80 heavy (non-hydrogen) atoms. The first-order valence-electron chi connectivity index (χ1n) is 21.8. The normalized spacial score (nSPS) is 13.1. The average molecular weight is 1160 g/mol. The van der Waals surface area contributed by atoms with Crippen LogP contribution < -0.4 is 26.4 Å². The highest BCUT2D eigenvalue weighted by Crippen LogP contribution is 2.41. The van der Waals surface area contributed by atoms with E-state index in [9.17, 15) is 110 Å². The highest BCUT2D eigenvalue weighted by Gasteiger charge is 2.47. The van der Waals surface area contributed by atoms with Crippen LogP contribution in [0, 0.1) is 11.3 Å². The van der Waals surface area contributed by atoms with Crippen molar-refractivity contribution in [1.82, 2.24) is 4.98 Å². The summed E-state index contributed by atoms with van der Waals surface area (Å²) in [7, 11) is 0. The summed E-state index contributed by atoms with van der Waals surface area (Å²) < 4.78 is 343. The van der Waals surface area contributed by atoms with Crippen LogP contribution in [0.3, 0.4) is 0 Å². The average Bonchev–Trinajstić information content (AvgIpc) is 3.35. The van der Waals surface area contributed by atoms with Crippen molar-refractivity contribution in [3.8, 4) is 17.3 Å². The zero-order valence-corrected chi connectivity index (χ0v) is 39.0. The van der Waals surface area contributed by atoms with Crippen molar-refractivity contribution in [3.63, 3.8) is 0 Å². The van der Waals surface area contributed by atoms with E-state index in [0.29, 0.717) is 11.1 Å². The predicted molar refractivity (Wildman–Crippen MR) is 235 cm³/mol. The molecule has 0 spiro atoms. The fourth-order valence-electron chi connectivity index (χ4n) is 8.35. The molecule has 7 rings (SSSR count). The van der Waals surface area contributed by atoms with E-state index in [1.165, 1.54) is 0 Å². The minimum absolute atomic E-state index is 0.0487. The van der Waals surface area contributed by atoms with Gasteiger partial charge in [-0.1, -0.05) is 91.0 Å². The second-order valence-corrected chi connectivity index (χ2v) is 17.3. The molecule has 0 amide bonds. The lowest BCUT2D eigenvalue weighted by molar-refractivity contribution is -0.683. The molecule has 0 aliphatic heterocycles. The molecular formula is C51H26BF24N3O. The molecule has 0 atom stereocenters. The van der Waals surface area contributed by atoms with Crippen LogP contribution in [-0.4, -0.2) is 16.9 Å². The Morgan fingerprint density at radius 2 is 0.713 bits per heavy atom. The molecule has 422 valence electrons. The number of hydrogen-bond acceptors (Lipinski definition) is 3. The van der Waals surface area contributed by atoms with E-state index < -0.39 is 195 Å². The van der Waals surface area contributed by atoms with Crippen LogP contribution in [0.2, 0.25) is 0 Å². The fourth-order valence-corrected chi connectivity index (χ4v) is 8.35. The Labute approximate surface area is 433 Å². The molecule has 0 radical (unpaired) electrons. The van der Waals surface area contributed by atoms with Crippen molar-refractivity contribution < 1.29 is 115 Å². The van der Waals surface area contributed by atoms with Crippen LogP contribution in [-0.2, 0) is 56.0 Å². The van der Waals surface area contributed by atoms with Gasteiger partial charge in [-0.05, 0) is 36.4 Å². The lowest BCUT2D eigenvalue weighted by Gasteiger charge is -2.46. The van der Waals surface area contributed by atoms with Crippen molar-refractivity contribution in [2.45, 2.75) is 56.0 Å². The smallest absolute Gasteiger partial charge is 0.287 e. The summed E-state index contributed by atoms with van der Waals surface area (Å²) in [5, 5.41) is 8.84. The summed E-state index contributed by atoms with van der Waals surface area (Å²) in [6.45, 7) is 0.260. The Kier molecular flexibility index (Phi) is 16.5. The molecule has 29 heteroatoms. The quantitative estimate of drug-likeness (QED) is 0.0659. The maximum Gasteiger partial charge on any atom is 0.416 e. The molecule has 4 nitrogen and oxygen atoms in total. The molecule has 0 saturated carbocycles. The van der Waals surface area contributed by atoms with Crippen molar-refractivity contribution in [3.05, 3.63) is 202 Å². The molecular weight excluding hydrogens is 1140 g/mol. The second kappa shape index (κ2) is 21.5. The van der Waals surface area contributed by atoms with Gasteiger partial charge in [0.25, 0.3) is 0 Å². The van der Waals surface area contributed by atoms with Crippen LogP contribution in [0.4, 0.5) is 105 Å². The minimum atomic E-state index is -6.13. The molecule has 0 aliphatic rings. The number of nitriles is 1. The van der Waals surface area contributed by atoms with Crippen molar-refractivity contribution in [1.29, 1.82) is 5.26 Å². The summed E-state index contributed by atoms with van der Waals surface area (Å²) in [5.41, 5.74) is -27.2. The van der Waals surface area contributed by atoms with Crippen molar-refractivity contribution >= 4 is 33.8 Å². The third-order valence-corrected chi connectivity index (χ3v) is 11.9. The molecule has 0 fully saturated rings. The van der Waals surface area contributed by atoms with E-state index in [1.54, 1.807) is 24.5 Å². The van der Waals surface area contributed by atoms with Crippen LogP contribution >= 0.6 is 0 Å². The van der Waals surface area contributed by atoms with Crippen LogP contribution in [0.15, 0.2) is 146 Å². The monoisotopic (exact) mass is 1160 g/mol. The van der Waals surface area contributed by atoms with Crippen LogP contribution in [0.5, 0.6) is 0 Å². The van der Waals surface area contributed by atoms with Gasteiger partial charge in [-0.25, -0.2) is 4.98 Å². The molecule has 6 aromatic carbocycles. The van der Waals surface area contributed by atoms with Gasteiger partial charge in [0.1, 0.15) is 11.8 Å². The number of Topliss-reactive ketones (excluding diaryl/α,β-unsaturated/α-hetero) is 1. The Morgan fingerprint density at radius 1 is 0.425 bits per heavy atom. The fraction of sp³-hybridized carbons (Fsp3) is 0.176. The lowest BCUT2D eigenvalue weighted by Crippen LogP contribution is -2.75. The molecule has 1 aromatic heterocycles. The molecule has 0 bridgehead atoms. The topological polar surface area (TPSA) is 57.6 Å². The van der Waals surface area contributed by atoms with E-state index in [0.717, 1.165) is 11.3 Å². The number of carbonyl (C=O) groups is 1. The van der Waals surface area contributed by atoms with Crippen molar-refractivity contribution in [2.75, 3.05) is 0 Å². The Balaban J connectivity index is 0.000000370. The second-order valence-electron chi connectivity index (χ2n) is 17.3. The Morgan fingerprint density at radius 3 is 0.975 bits per heavy atom. The summed E-state index contributed by atoms with van der Waals surface area (Å²) in [5.74, 6) is 0.0487. The van der Waals surface area contributed by atoms with Gasteiger partial charge in [-0.3, -0.25) is 4.79 Å². The minimum Gasteiger partial charge on any atom is -0.287 e. The van der Waals surface area contributed by atoms with Gasteiger partial charge in [-0.15, -0.1) is 0 Å². The molecule has 0 N–H and O–H groups in total. The molecule has 0 unspecified atom stereocenters. The first kappa shape index (κ1) is 61.2. The van der Waals surface area contributed by atoms with E-state index in [4.69, 9.17) is 5.26 Å². The number of alkyl halides is 24. The van der Waals surface area contributed by atoms with E-state index >= 15 is 0 Å². The number of carbonyl (C=O) groups excluding carboxylic acids is 1. The summed E-state index contributed by atoms with van der Waals surface area (Å²) >= 11 is 0. The number of rotatable bonds is 8. The molecule has 1 heterocycles. The summed E-state index contributed by atoms with van der Waals surface area (Å²) in [6.07, 6.45) is -49.5. The summed E-state index contributed by atoms with van der Waals surface area (Å²) in [4.78, 5) is 16.6. The van der Waals surface area contributed by atoms with Crippen LogP contribution in [0.1, 0.15) is 60.4 Å². The molecule has 0 saturated heterocycles. The predicted octanol–water partition coefficient (Wildman–Crippen LogP) is 14.0. The first-order valence-corrected chi connectivity index (χ1v) is 21.8. The molecule has 7 aromatic rings. The van der Waals surface area contributed by atoms with Gasteiger partial charge in [0.2, 0.25) is 12.3 Å². The highest BCUT2D eigenvalue weighted by atomic mass is 19.4. The van der Waals surface area contributed by atoms with Crippen molar-refractivity contribution in [2.24, 2.45) is 0 Å². The standard InChI is InChI=1S/C32H12BF24.C19H14N3O/c34-25(35,36)13-1-14(26(37,38)39)6-21(5-13)33(22-7-15(27(40,41)42)2-16(8-22)28(43,44)45,23-9-17(29(46,47)48)3-18(10-23)30(49,50)51)24-11-19(31(52,53)54)4-20(12-24)32(55,56)57;20-12-15-6-8-16(9-7-15)18-13-22(11-10-21-18)14-19(23)17-4-2-1-3-5-17/h1-12H;1-11,13H,14H2/q-1;+1. The van der Waals surface area contributed by atoms with Gasteiger partial charge in [-0.2, -0.15) is 137 Å². The number of hydrogen-bond donors (Lipinski definition) is 0. The van der Waals surface area contributed by atoms with E-state index in [2.05, 4.69) is 11.1 Å². The zero-order valence-electron chi connectivity index (χ0n) is 39.0. The summed E-state index contributed by atoms with van der Waals surface area (Å²) in [6, 6.07) is 9.71. The number of aromatic nitrogens is 2. The van der Waals surface area contributed by atoms with Gasteiger partial charge < -0.3 is 0 Å². The van der Waals surface area contributed by atoms with E-state index in [-0.39, 0.29) is 12.3 Å². The Hall–Kier alpha value is -8.06. The van der Waals surface area contributed by atoms with E-state index in [1.807, 2.05) is 53.2 Å². The third-order valence-electron chi connectivity index (χ3n) is 11.9. The van der Waals surface area contributed by atoms with Gasteiger partial charge in [0.15, 0.2) is 12.4 Å². The Bertz CT molecular complexity index is 3000. The number of nitrogens with zero attached hydrogens (tertiary/aromatic N) is 3. The number of benzene rings is 6. The highest BCUT2D eigenvalue weighted by molar-refractivity contribution is 7.20. The molecule has 0 aliphatic carbocycles.